The van der Waals surface area contributed by atoms with Crippen LogP contribution in [0.5, 0.6) is 23.0 Å². The van der Waals surface area contributed by atoms with Gasteiger partial charge in [-0.05, 0) is 66.9 Å². The van der Waals surface area contributed by atoms with Gasteiger partial charge >= 0.3 is 5.97 Å². The van der Waals surface area contributed by atoms with E-state index in [9.17, 15) is 9.90 Å². The normalized spacial score (nSPS) is 15.2. The molecule has 0 amide bonds. The van der Waals surface area contributed by atoms with Crippen molar-refractivity contribution in [2.75, 3.05) is 34.4 Å². The molecule has 3 aromatic carbocycles. The first-order chi connectivity index (χ1) is 17.5. The first-order valence-corrected chi connectivity index (χ1v) is 12.1. The van der Waals surface area contributed by atoms with Crippen LogP contribution in [-0.2, 0) is 11.4 Å². The molecule has 0 saturated carbocycles. The topological polar surface area (TPSA) is 77.5 Å². The maximum Gasteiger partial charge on any atom is 0.306 e. The highest BCUT2D eigenvalue weighted by molar-refractivity contribution is 5.70. The number of rotatable bonds is 10. The second-order valence-corrected chi connectivity index (χ2v) is 8.85. The molecule has 4 rings (SSSR count). The van der Waals surface area contributed by atoms with E-state index in [1.807, 2.05) is 66.7 Å². The smallest absolute Gasteiger partial charge is 0.306 e. The molecule has 1 aliphatic heterocycles. The van der Waals surface area contributed by atoms with Gasteiger partial charge in [-0.2, -0.15) is 0 Å². The summed E-state index contributed by atoms with van der Waals surface area (Å²) in [6, 6.07) is 21.8. The maximum atomic E-state index is 11.5. The highest BCUT2D eigenvalue weighted by Crippen LogP contribution is 2.43. The van der Waals surface area contributed by atoms with E-state index in [-0.39, 0.29) is 12.0 Å². The molecule has 36 heavy (non-hydrogen) atoms. The number of hydrogen-bond donors (Lipinski definition) is 1. The van der Waals surface area contributed by atoms with E-state index in [1.165, 1.54) is 0 Å². The van der Waals surface area contributed by atoms with Crippen molar-refractivity contribution in [1.82, 2.24) is 4.90 Å². The first kappa shape index (κ1) is 25.4. The summed E-state index contributed by atoms with van der Waals surface area (Å²) in [4.78, 5) is 13.8. The molecule has 1 saturated heterocycles. The number of methoxy groups -OCH3 is 3. The number of piperidine rings is 1. The van der Waals surface area contributed by atoms with E-state index in [4.69, 9.17) is 18.9 Å². The Balaban J connectivity index is 1.70. The first-order valence-electron chi connectivity index (χ1n) is 12.1. The third-order valence-electron chi connectivity index (χ3n) is 6.70. The molecule has 1 aliphatic rings. The minimum Gasteiger partial charge on any atom is -0.497 e. The van der Waals surface area contributed by atoms with Crippen molar-refractivity contribution in [1.29, 1.82) is 0 Å². The summed E-state index contributed by atoms with van der Waals surface area (Å²) in [6.45, 7) is 1.73. The van der Waals surface area contributed by atoms with Gasteiger partial charge in [0.2, 0.25) is 5.75 Å². The van der Waals surface area contributed by atoms with Crippen molar-refractivity contribution in [2.45, 2.75) is 25.5 Å². The Morgan fingerprint density at radius 3 is 2.03 bits per heavy atom. The van der Waals surface area contributed by atoms with Gasteiger partial charge < -0.3 is 24.1 Å². The van der Waals surface area contributed by atoms with Crippen LogP contribution in [0.25, 0.3) is 0 Å². The second kappa shape index (κ2) is 11.8. The SMILES string of the molecule is COc1ccc(C(c2cc(OC)c(OCc3ccccc3)c(OC)c2)N2CCC(C(=O)O)CC2)cc1. The molecule has 7 heteroatoms. The molecule has 0 spiro atoms. The third-order valence-corrected chi connectivity index (χ3v) is 6.70. The van der Waals surface area contributed by atoms with E-state index in [0.717, 1.165) is 22.4 Å². The molecule has 3 aromatic rings. The zero-order valence-electron chi connectivity index (χ0n) is 21.0. The Kier molecular flexibility index (Phi) is 8.33. The molecule has 0 aliphatic carbocycles. The lowest BCUT2D eigenvalue weighted by atomic mass is 9.91. The molecule has 0 radical (unpaired) electrons. The number of benzene rings is 3. The van der Waals surface area contributed by atoms with Gasteiger partial charge in [-0.15, -0.1) is 0 Å². The van der Waals surface area contributed by atoms with Gasteiger partial charge in [0.1, 0.15) is 12.4 Å². The summed E-state index contributed by atoms with van der Waals surface area (Å²) in [7, 11) is 4.89. The fourth-order valence-corrected chi connectivity index (χ4v) is 4.73. The lowest BCUT2D eigenvalue weighted by molar-refractivity contribution is -0.143. The van der Waals surface area contributed by atoms with Crippen LogP contribution in [0, 0.1) is 5.92 Å². The lowest BCUT2D eigenvalue weighted by Gasteiger charge is -2.37. The molecular formula is C29H33NO6. The molecule has 7 nitrogen and oxygen atoms in total. The van der Waals surface area contributed by atoms with Gasteiger partial charge in [-0.1, -0.05) is 42.5 Å². The van der Waals surface area contributed by atoms with Crippen molar-refractivity contribution in [2.24, 2.45) is 5.92 Å². The Labute approximate surface area is 212 Å². The van der Waals surface area contributed by atoms with E-state index >= 15 is 0 Å². The summed E-state index contributed by atoms with van der Waals surface area (Å²) in [5, 5.41) is 9.48. The van der Waals surface area contributed by atoms with E-state index in [2.05, 4.69) is 4.90 Å². The highest BCUT2D eigenvalue weighted by Gasteiger charge is 2.31. The molecular weight excluding hydrogens is 458 g/mol. The van der Waals surface area contributed by atoms with E-state index in [0.29, 0.717) is 49.8 Å². The largest absolute Gasteiger partial charge is 0.497 e. The zero-order valence-corrected chi connectivity index (χ0v) is 21.0. The van der Waals surface area contributed by atoms with E-state index in [1.54, 1.807) is 21.3 Å². The van der Waals surface area contributed by atoms with Gasteiger partial charge in [0.05, 0.1) is 33.3 Å². The Hall–Kier alpha value is -3.71. The number of carbonyl (C=O) groups is 1. The summed E-state index contributed by atoms with van der Waals surface area (Å²) < 4.78 is 23.0. The lowest BCUT2D eigenvalue weighted by Crippen LogP contribution is -2.39. The average Bonchev–Trinajstić information content (AvgIpc) is 2.93. The summed E-state index contributed by atoms with van der Waals surface area (Å²) in [6.07, 6.45) is 1.21. The van der Waals surface area contributed by atoms with Crippen LogP contribution in [0.2, 0.25) is 0 Å². The van der Waals surface area contributed by atoms with Crippen molar-refractivity contribution in [3.8, 4) is 23.0 Å². The van der Waals surface area contributed by atoms with Crippen molar-refractivity contribution < 1.29 is 28.8 Å². The molecule has 1 atom stereocenters. The van der Waals surface area contributed by atoms with E-state index < -0.39 is 5.97 Å². The van der Waals surface area contributed by atoms with Crippen LogP contribution in [0.4, 0.5) is 0 Å². The molecule has 190 valence electrons. The molecule has 1 heterocycles. The number of nitrogens with zero attached hydrogens (tertiary/aromatic N) is 1. The number of likely N-dealkylation sites (tertiary alicyclic amines) is 1. The number of ether oxygens (including phenoxy) is 4. The second-order valence-electron chi connectivity index (χ2n) is 8.85. The van der Waals surface area contributed by atoms with Crippen LogP contribution in [-0.4, -0.2) is 50.4 Å². The predicted molar refractivity (Wildman–Crippen MR) is 137 cm³/mol. The van der Waals surface area contributed by atoms with Gasteiger partial charge in [-0.25, -0.2) is 0 Å². The van der Waals surface area contributed by atoms with Crippen LogP contribution >= 0.6 is 0 Å². The van der Waals surface area contributed by atoms with Gasteiger partial charge in [0.25, 0.3) is 0 Å². The van der Waals surface area contributed by atoms with Crippen LogP contribution in [0.15, 0.2) is 66.7 Å². The van der Waals surface area contributed by atoms with Crippen molar-refractivity contribution in [3.63, 3.8) is 0 Å². The monoisotopic (exact) mass is 491 g/mol. The molecule has 0 bridgehead atoms. The minimum atomic E-state index is -0.723. The number of carboxylic acids is 1. The van der Waals surface area contributed by atoms with Gasteiger partial charge in [0, 0.05) is 0 Å². The van der Waals surface area contributed by atoms with Crippen molar-refractivity contribution >= 4 is 5.97 Å². The quantitative estimate of drug-likeness (QED) is 0.419. The minimum absolute atomic E-state index is 0.114. The van der Waals surface area contributed by atoms with Gasteiger partial charge in [-0.3, -0.25) is 9.69 Å². The summed E-state index contributed by atoms with van der Waals surface area (Å²) >= 11 is 0. The Morgan fingerprint density at radius 1 is 0.889 bits per heavy atom. The van der Waals surface area contributed by atoms with Crippen molar-refractivity contribution in [3.05, 3.63) is 83.4 Å². The summed E-state index contributed by atoms with van der Waals surface area (Å²) in [5.74, 6) is 1.46. The van der Waals surface area contributed by atoms with Gasteiger partial charge in [0.15, 0.2) is 11.5 Å². The number of hydrogen-bond acceptors (Lipinski definition) is 6. The number of aliphatic carboxylic acids is 1. The fraction of sp³-hybridized carbons (Fsp3) is 0.345. The van der Waals surface area contributed by atoms with Crippen LogP contribution in [0.3, 0.4) is 0 Å². The highest BCUT2D eigenvalue weighted by atomic mass is 16.5. The predicted octanol–water partition coefficient (Wildman–Crippen LogP) is 5.18. The average molecular weight is 492 g/mol. The summed E-state index contributed by atoms with van der Waals surface area (Å²) in [5.41, 5.74) is 3.10. The standard InChI is InChI=1S/C29H33NO6/c1-33-24-11-9-21(10-12-24)27(30-15-13-22(14-16-30)29(31)32)23-17-25(34-2)28(26(18-23)35-3)36-19-20-7-5-4-6-8-20/h4-12,17-18,22,27H,13-16,19H2,1-3H3,(H,31,32). The van der Waals surface area contributed by atoms with Crippen LogP contribution in [0.1, 0.15) is 35.6 Å². The Morgan fingerprint density at radius 2 is 1.50 bits per heavy atom. The maximum absolute atomic E-state index is 11.5. The van der Waals surface area contributed by atoms with Crippen LogP contribution < -0.4 is 18.9 Å². The number of carboxylic acid groups (broad SMARTS) is 1. The third kappa shape index (κ3) is 5.74. The Bertz CT molecular complexity index is 1120. The molecule has 0 aromatic heterocycles. The molecule has 1 fully saturated rings. The molecule has 1 N–H and O–H groups in total. The zero-order chi connectivity index (χ0) is 25.5. The fourth-order valence-electron chi connectivity index (χ4n) is 4.73. The molecule has 1 unspecified atom stereocenters.